The molecule has 0 aliphatic rings. The molecule has 0 N–H and O–H groups in total. The Morgan fingerprint density at radius 1 is 1.04 bits per heavy atom. The standard InChI is InChI=1S/C18H22N4O/c1-10-7-19-15(12(3)17(10)23-6)9-22-8-11(2)16-13(4)20-14(5)21-18(16)22/h7-8H,9H2,1-6H3. The van der Waals surface area contributed by atoms with Crippen LogP contribution in [0.15, 0.2) is 12.4 Å². The van der Waals surface area contributed by atoms with E-state index >= 15 is 0 Å². The number of hydrogen-bond acceptors (Lipinski definition) is 4. The highest BCUT2D eigenvalue weighted by atomic mass is 16.5. The molecule has 0 bridgehead atoms. The fourth-order valence-electron chi connectivity index (χ4n) is 3.24. The Bertz CT molecular complexity index is 896. The molecule has 0 aliphatic heterocycles. The number of fused-ring (bicyclic) bond motifs is 1. The van der Waals surface area contributed by atoms with Crippen LogP contribution in [0.2, 0.25) is 0 Å². The first kappa shape index (κ1) is 15.5. The second-order valence-corrected chi connectivity index (χ2v) is 6.04. The van der Waals surface area contributed by atoms with Crippen molar-refractivity contribution in [3.8, 4) is 5.75 Å². The van der Waals surface area contributed by atoms with Crippen LogP contribution in [0, 0.1) is 34.6 Å². The third-order valence-corrected chi connectivity index (χ3v) is 4.27. The minimum atomic E-state index is 0.669. The van der Waals surface area contributed by atoms with Gasteiger partial charge < -0.3 is 9.30 Å². The van der Waals surface area contributed by atoms with Gasteiger partial charge >= 0.3 is 0 Å². The summed E-state index contributed by atoms with van der Waals surface area (Å²) in [5.41, 5.74) is 6.31. The Kier molecular flexibility index (Phi) is 3.80. The fraction of sp³-hybridized carbons (Fsp3) is 0.389. The first-order chi connectivity index (χ1) is 10.9. The molecule has 120 valence electrons. The maximum absolute atomic E-state index is 5.51. The highest BCUT2D eigenvalue weighted by Crippen LogP contribution is 2.27. The maximum atomic E-state index is 5.51. The topological polar surface area (TPSA) is 52.8 Å². The van der Waals surface area contributed by atoms with Crippen LogP contribution in [0.5, 0.6) is 5.75 Å². The van der Waals surface area contributed by atoms with Crippen molar-refractivity contribution < 1.29 is 4.74 Å². The van der Waals surface area contributed by atoms with Crippen molar-refractivity contribution in [2.75, 3.05) is 7.11 Å². The number of hydrogen-bond donors (Lipinski definition) is 0. The predicted octanol–water partition coefficient (Wildman–Crippen LogP) is 3.43. The van der Waals surface area contributed by atoms with Crippen LogP contribution in [0.4, 0.5) is 0 Å². The van der Waals surface area contributed by atoms with Crippen molar-refractivity contribution in [1.29, 1.82) is 0 Å². The highest BCUT2D eigenvalue weighted by Gasteiger charge is 2.15. The number of nitrogens with zero attached hydrogens (tertiary/aromatic N) is 4. The summed E-state index contributed by atoms with van der Waals surface area (Å²) in [6, 6.07) is 0. The molecule has 0 fully saturated rings. The van der Waals surface area contributed by atoms with Gasteiger partial charge in [-0.25, -0.2) is 9.97 Å². The summed E-state index contributed by atoms with van der Waals surface area (Å²) in [5.74, 6) is 1.70. The van der Waals surface area contributed by atoms with Crippen molar-refractivity contribution in [2.24, 2.45) is 0 Å². The van der Waals surface area contributed by atoms with Crippen LogP contribution in [0.3, 0.4) is 0 Å². The van der Waals surface area contributed by atoms with Crippen LogP contribution in [-0.4, -0.2) is 26.6 Å². The van der Waals surface area contributed by atoms with Crippen molar-refractivity contribution in [3.05, 3.63) is 46.3 Å². The zero-order valence-corrected chi connectivity index (χ0v) is 14.6. The molecule has 3 heterocycles. The molecule has 0 spiro atoms. The zero-order chi connectivity index (χ0) is 16.7. The van der Waals surface area contributed by atoms with Crippen molar-refractivity contribution in [2.45, 2.75) is 41.2 Å². The number of pyridine rings is 1. The lowest BCUT2D eigenvalue weighted by Crippen LogP contribution is -2.06. The average Bonchev–Trinajstić information content (AvgIpc) is 2.79. The van der Waals surface area contributed by atoms with Gasteiger partial charge in [0.25, 0.3) is 0 Å². The quantitative estimate of drug-likeness (QED) is 0.744. The average molecular weight is 310 g/mol. The number of ether oxygens (including phenoxy) is 1. The van der Waals surface area contributed by atoms with Crippen molar-refractivity contribution in [1.82, 2.24) is 19.5 Å². The highest BCUT2D eigenvalue weighted by molar-refractivity contribution is 5.82. The van der Waals surface area contributed by atoms with Crippen molar-refractivity contribution >= 4 is 11.0 Å². The molecule has 0 amide bonds. The predicted molar refractivity (Wildman–Crippen MR) is 91.1 cm³/mol. The van der Waals surface area contributed by atoms with Gasteiger partial charge in [-0.05, 0) is 40.2 Å². The van der Waals surface area contributed by atoms with Gasteiger partial charge in [0.15, 0.2) is 0 Å². The van der Waals surface area contributed by atoms with E-state index < -0.39 is 0 Å². The first-order valence-corrected chi connectivity index (χ1v) is 7.72. The van der Waals surface area contributed by atoms with Gasteiger partial charge in [-0.15, -0.1) is 0 Å². The van der Waals surface area contributed by atoms with Gasteiger partial charge in [0, 0.05) is 28.9 Å². The van der Waals surface area contributed by atoms with Crippen LogP contribution in [0.1, 0.15) is 33.9 Å². The molecule has 23 heavy (non-hydrogen) atoms. The van der Waals surface area contributed by atoms with Gasteiger partial charge in [0.05, 0.1) is 25.0 Å². The van der Waals surface area contributed by atoms with E-state index in [0.717, 1.165) is 45.1 Å². The Morgan fingerprint density at radius 3 is 2.48 bits per heavy atom. The van der Waals surface area contributed by atoms with Gasteiger partial charge in [-0.2, -0.15) is 0 Å². The molecule has 0 aliphatic carbocycles. The number of aryl methyl sites for hydroxylation is 4. The van der Waals surface area contributed by atoms with Crippen molar-refractivity contribution in [3.63, 3.8) is 0 Å². The fourth-order valence-corrected chi connectivity index (χ4v) is 3.24. The van der Waals surface area contributed by atoms with Crippen LogP contribution < -0.4 is 4.74 Å². The molecule has 0 radical (unpaired) electrons. The van der Waals surface area contributed by atoms with E-state index in [9.17, 15) is 0 Å². The molecule has 3 aromatic rings. The van der Waals surface area contributed by atoms with E-state index in [2.05, 4.69) is 39.6 Å². The molecule has 3 aromatic heterocycles. The molecule has 0 aromatic carbocycles. The SMILES string of the molecule is COc1c(C)cnc(Cn2cc(C)c3c(C)nc(C)nc32)c1C. The number of rotatable bonds is 3. The van der Waals surface area contributed by atoms with Gasteiger partial charge in [0.2, 0.25) is 0 Å². The Labute approximate surface area is 136 Å². The summed E-state index contributed by atoms with van der Waals surface area (Å²) in [6.07, 6.45) is 3.99. The third-order valence-electron chi connectivity index (χ3n) is 4.27. The minimum absolute atomic E-state index is 0.669. The lowest BCUT2D eigenvalue weighted by molar-refractivity contribution is 0.406. The lowest BCUT2D eigenvalue weighted by Gasteiger charge is -2.13. The first-order valence-electron chi connectivity index (χ1n) is 7.72. The summed E-state index contributed by atoms with van der Waals surface area (Å²) in [4.78, 5) is 13.7. The number of aromatic nitrogens is 4. The second-order valence-electron chi connectivity index (χ2n) is 6.04. The van der Waals surface area contributed by atoms with E-state index in [1.807, 2.05) is 27.0 Å². The summed E-state index contributed by atoms with van der Waals surface area (Å²) in [6.45, 7) is 10.8. The molecular weight excluding hydrogens is 288 g/mol. The van der Waals surface area contributed by atoms with E-state index in [1.54, 1.807) is 7.11 Å². The van der Waals surface area contributed by atoms with E-state index in [4.69, 9.17) is 4.74 Å². The van der Waals surface area contributed by atoms with Crippen LogP contribution in [0.25, 0.3) is 11.0 Å². The Balaban J connectivity index is 2.13. The van der Waals surface area contributed by atoms with Gasteiger partial charge in [-0.3, -0.25) is 4.98 Å². The van der Waals surface area contributed by atoms with E-state index in [1.165, 1.54) is 5.56 Å². The lowest BCUT2D eigenvalue weighted by atomic mass is 10.1. The minimum Gasteiger partial charge on any atom is -0.496 e. The summed E-state index contributed by atoms with van der Waals surface area (Å²) < 4.78 is 7.66. The van der Waals surface area contributed by atoms with E-state index in [0.29, 0.717) is 6.54 Å². The largest absolute Gasteiger partial charge is 0.496 e. The Hall–Kier alpha value is -2.43. The number of methoxy groups -OCH3 is 1. The molecule has 3 rings (SSSR count). The maximum Gasteiger partial charge on any atom is 0.144 e. The van der Waals surface area contributed by atoms with Gasteiger partial charge in [0.1, 0.15) is 17.2 Å². The van der Waals surface area contributed by atoms with Gasteiger partial charge in [-0.1, -0.05) is 0 Å². The third kappa shape index (κ3) is 2.56. The molecule has 0 saturated carbocycles. The molecule has 0 unspecified atom stereocenters. The van der Waals surface area contributed by atoms with E-state index in [-0.39, 0.29) is 0 Å². The van der Waals surface area contributed by atoms with Crippen LogP contribution in [-0.2, 0) is 6.54 Å². The zero-order valence-electron chi connectivity index (χ0n) is 14.6. The summed E-state index contributed by atoms with van der Waals surface area (Å²) in [5, 5.41) is 1.13. The monoisotopic (exact) mass is 310 g/mol. The molecule has 5 nitrogen and oxygen atoms in total. The summed E-state index contributed by atoms with van der Waals surface area (Å²) >= 11 is 0. The normalized spacial score (nSPS) is 11.2. The summed E-state index contributed by atoms with van der Waals surface area (Å²) in [7, 11) is 1.70. The second kappa shape index (κ2) is 5.65. The molecule has 0 atom stereocenters. The Morgan fingerprint density at radius 2 is 1.78 bits per heavy atom. The molecule has 0 saturated heterocycles. The molecule has 5 heteroatoms. The smallest absolute Gasteiger partial charge is 0.144 e. The molecular formula is C18H22N4O. The van der Waals surface area contributed by atoms with Crippen LogP contribution >= 0.6 is 0 Å².